The summed E-state index contributed by atoms with van der Waals surface area (Å²) in [5.74, 6) is -0.0920. The van der Waals surface area contributed by atoms with Crippen LogP contribution in [0.4, 0.5) is 10.1 Å². The Balaban J connectivity index is 1.95. The number of hydrogen-bond donors (Lipinski definition) is 0. The molecule has 0 radical (unpaired) electrons. The van der Waals surface area contributed by atoms with Gasteiger partial charge >= 0.3 is 0 Å². The summed E-state index contributed by atoms with van der Waals surface area (Å²) in [6, 6.07) is 6.48. The van der Waals surface area contributed by atoms with Gasteiger partial charge in [-0.3, -0.25) is 4.79 Å². The first-order chi connectivity index (χ1) is 8.20. The molecule has 0 aromatic heterocycles. The molecule has 17 heavy (non-hydrogen) atoms. The molecule has 2 rings (SSSR count). The van der Waals surface area contributed by atoms with Crippen LogP contribution in [0.5, 0.6) is 0 Å². The third-order valence-electron chi connectivity index (χ3n) is 2.94. The molecule has 0 spiro atoms. The molecule has 5 heteroatoms. The zero-order chi connectivity index (χ0) is 12.3. The molecule has 1 aliphatic heterocycles. The van der Waals surface area contributed by atoms with E-state index in [-0.39, 0.29) is 11.7 Å². The SMILES string of the molecule is O=C(CBr)N1CCN(c2ccc(F)cc2)CC1. The van der Waals surface area contributed by atoms with E-state index >= 15 is 0 Å². The van der Waals surface area contributed by atoms with Crippen LogP contribution in [0.1, 0.15) is 0 Å². The van der Waals surface area contributed by atoms with E-state index in [0.29, 0.717) is 5.33 Å². The van der Waals surface area contributed by atoms with Crippen molar-refractivity contribution in [1.29, 1.82) is 0 Å². The fraction of sp³-hybridized carbons (Fsp3) is 0.417. The van der Waals surface area contributed by atoms with Crippen molar-refractivity contribution < 1.29 is 9.18 Å². The van der Waals surface area contributed by atoms with Gasteiger partial charge in [0.25, 0.3) is 0 Å². The number of nitrogens with zero attached hydrogens (tertiary/aromatic N) is 2. The van der Waals surface area contributed by atoms with E-state index in [0.717, 1.165) is 31.9 Å². The molecule has 92 valence electrons. The zero-order valence-corrected chi connectivity index (χ0v) is 11.0. The molecule has 1 amide bonds. The Morgan fingerprint density at radius 3 is 2.29 bits per heavy atom. The van der Waals surface area contributed by atoms with Gasteiger partial charge in [-0.05, 0) is 24.3 Å². The summed E-state index contributed by atoms with van der Waals surface area (Å²) in [6.45, 7) is 3.04. The standard InChI is InChI=1S/C12H14BrFN2O/c13-9-12(17)16-7-5-15(6-8-16)11-3-1-10(14)2-4-11/h1-4H,5-9H2. The molecule has 3 nitrogen and oxygen atoms in total. The highest BCUT2D eigenvalue weighted by Crippen LogP contribution is 2.16. The summed E-state index contributed by atoms with van der Waals surface area (Å²) >= 11 is 3.17. The van der Waals surface area contributed by atoms with Gasteiger partial charge in [0.05, 0.1) is 5.33 Å². The first-order valence-corrected chi connectivity index (χ1v) is 6.67. The largest absolute Gasteiger partial charge is 0.368 e. The maximum absolute atomic E-state index is 12.8. The van der Waals surface area contributed by atoms with Gasteiger partial charge in [-0.15, -0.1) is 0 Å². The van der Waals surface area contributed by atoms with Crippen molar-refractivity contribution >= 4 is 27.5 Å². The lowest BCUT2D eigenvalue weighted by molar-refractivity contribution is -0.128. The van der Waals surface area contributed by atoms with Crippen molar-refractivity contribution in [3.05, 3.63) is 30.1 Å². The molecule has 1 heterocycles. The Morgan fingerprint density at radius 2 is 1.76 bits per heavy atom. The average Bonchev–Trinajstić information content (AvgIpc) is 2.39. The van der Waals surface area contributed by atoms with Crippen LogP contribution >= 0.6 is 15.9 Å². The third-order valence-corrected chi connectivity index (χ3v) is 3.42. The topological polar surface area (TPSA) is 23.6 Å². The molecular weight excluding hydrogens is 287 g/mol. The predicted molar refractivity (Wildman–Crippen MR) is 69.0 cm³/mol. The maximum atomic E-state index is 12.8. The van der Waals surface area contributed by atoms with Gasteiger partial charge in [-0.1, -0.05) is 15.9 Å². The number of benzene rings is 1. The van der Waals surface area contributed by atoms with Crippen LogP contribution < -0.4 is 4.90 Å². The molecule has 1 aromatic carbocycles. The number of halogens is 2. The number of alkyl halides is 1. The van der Waals surface area contributed by atoms with E-state index in [1.165, 1.54) is 12.1 Å². The molecule has 0 aliphatic carbocycles. The zero-order valence-electron chi connectivity index (χ0n) is 9.40. The number of carbonyl (C=O) groups is 1. The molecule has 0 unspecified atom stereocenters. The monoisotopic (exact) mass is 300 g/mol. The molecule has 1 fully saturated rings. The van der Waals surface area contributed by atoms with E-state index < -0.39 is 0 Å². The second kappa shape index (κ2) is 5.49. The Labute approximate surface area is 108 Å². The van der Waals surface area contributed by atoms with Crippen LogP contribution in [0.15, 0.2) is 24.3 Å². The van der Waals surface area contributed by atoms with Crippen molar-refractivity contribution in [2.75, 3.05) is 36.4 Å². The summed E-state index contributed by atoms with van der Waals surface area (Å²) in [5.41, 5.74) is 1.01. The van der Waals surface area contributed by atoms with Crippen LogP contribution in [0.3, 0.4) is 0 Å². The Morgan fingerprint density at radius 1 is 1.18 bits per heavy atom. The van der Waals surface area contributed by atoms with E-state index in [2.05, 4.69) is 20.8 Å². The number of hydrogen-bond acceptors (Lipinski definition) is 2. The molecule has 1 aliphatic rings. The summed E-state index contributed by atoms with van der Waals surface area (Å²) in [4.78, 5) is 15.5. The predicted octanol–water partition coefficient (Wildman–Crippen LogP) is 1.87. The second-order valence-electron chi connectivity index (χ2n) is 3.98. The van der Waals surface area contributed by atoms with E-state index in [1.54, 1.807) is 12.1 Å². The molecule has 1 saturated heterocycles. The molecule has 0 N–H and O–H groups in total. The highest BCUT2D eigenvalue weighted by Gasteiger charge is 2.20. The van der Waals surface area contributed by atoms with Crippen molar-refractivity contribution in [3.63, 3.8) is 0 Å². The van der Waals surface area contributed by atoms with Crippen LogP contribution in [0, 0.1) is 5.82 Å². The van der Waals surface area contributed by atoms with Crippen LogP contribution in [-0.2, 0) is 4.79 Å². The van der Waals surface area contributed by atoms with Gasteiger partial charge in [-0.25, -0.2) is 4.39 Å². The number of piperazine rings is 1. The van der Waals surface area contributed by atoms with Crippen LogP contribution in [0.2, 0.25) is 0 Å². The van der Waals surface area contributed by atoms with E-state index in [9.17, 15) is 9.18 Å². The Bertz CT molecular complexity index is 388. The lowest BCUT2D eigenvalue weighted by atomic mass is 10.2. The van der Waals surface area contributed by atoms with Crippen LogP contribution in [0.25, 0.3) is 0 Å². The first kappa shape index (κ1) is 12.4. The third kappa shape index (κ3) is 2.97. The molecule has 0 saturated carbocycles. The van der Waals surface area contributed by atoms with Crippen molar-refractivity contribution in [3.8, 4) is 0 Å². The smallest absolute Gasteiger partial charge is 0.233 e. The van der Waals surface area contributed by atoms with Gasteiger partial charge in [0.2, 0.25) is 5.91 Å². The van der Waals surface area contributed by atoms with Gasteiger partial charge in [0.15, 0.2) is 0 Å². The maximum Gasteiger partial charge on any atom is 0.233 e. The van der Waals surface area contributed by atoms with Crippen molar-refractivity contribution in [2.45, 2.75) is 0 Å². The minimum Gasteiger partial charge on any atom is -0.368 e. The summed E-state index contributed by atoms with van der Waals surface area (Å²) in [6.07, 6.45) is 0. The fourth-order valence-electron chi connectivity index (χ4n) is 1.95. The Hall–Kier alpha value is -1.10. The van der Waals surface area contributed by atoms with Crippen molar-refractivity contribution in [2.24, 2.45) is 0 Å². The van der Waals surface area contributed by atoms with E-state index in [4.69, 9.17) is 0 Å². The summed E-state index contributed by atoms with van der Waals surface area (Å²) in [5, 5.41) is 0.379. The molecule has 0 bridgehead atoms. The normalized spacial score (nSPS) is 16.1. The minimum absolute atomic E-state index is 0.128. The number of amides is 1. The van der Waals surface area contributed by atoms with Crippen LogP contribution in [-0.4, -0.2) is 42.3 Å². The lowest BCUT2D eigenvalue weighted by Crippen LogP contribution is -2.49. The average molecular weight is 301 g/mol. The molecule has 1 aromatic rings. The summed E-state index contributed by atoms with van der Waals surface area (Å²) in [7, 11) is 0. The van der Waals surface area contributed by atoms with Crippen molar-refractivity contribution in [1.82, 2.24) is 4.90 Å². The quantitative estimate of drug-likeness (QED) is 0.779. The lowest BCUT2D eigenvalue weighted by Gasteiger charge is -2.35. The van der Waals surface area contributed by atoms with Gasteiger partial charge < -0.3 is 9.80 Å². The van der Waals surface area contributed by atoms with E-state index in [1.807, 2.05) is 4.90 Å². The number of anilines is 1. The van der Waals surface area contributed by atoms with Gasteiger partial charge in [0.1, 0.15) is 5.82 Å². The summed E-state index contributed by atoms with van der Waals surface area (Å²) < 4.78 is 12.8. The number of rotatable bonds is 2. The highest BCUT2D eigenvalue weighted by atomic mass is 79.9. The Kier molecular flexibility index (Phi) is 3.99. The minimum atomic E-state index is -0.221. The molecule has 0 atom stereocenters. The van der Waals surface area contributed by atoms with Gasteiger partial charge in [-0.2, -0.15) is 0 Å². The van der Waals surface area contributed by atoms with Gasteiger partial charge in [0, 0.05) is 31.9 Å². The first-order valence-electron chi connectivity index (χ1n) is 5.55. The highest BCUT2D eigenvalue weighted by molar-refractivity contribution is 9.09. The fourth-order valence-corrected chi connectivity index (χ4v) is 2.31. The molecular formula is C12H14BrFN2O. The number of carbonyl (C=O) groups excluding carboxylic acids is 1. The second-order valence-corrected chi connectivity index (χ2v) is 4.54.